The Bertz CT molecular complexity index is 858. The molecule has 0 aromatic carbocycles. The molecule has 8 heteroatoms. The monoisotopic (exact) mass is 349 g/mol. The van der Waals surface area contributed by atoms with Crippen molar-refractivity contribution in [1.29, 1.82) is 0 Å². The summed E-state index contributed by atoms with van der Waals surface area (Å²) in [7, 11) is 3.08. The van der Waals surface area contributed by atoms with Crippen molar-refractivity contribution in [3.05, 3.63) is 26.7 Å². The molecule has 1 aliphatic carbocycles. The molecule has 138 valence electrons. The Morgan fingerprint density at radius 1 is 1.24 bits per heavy atom. The molecule has 2 aromatic heterocycles. The van der Waals surface area contributed by atoms with Gasteiger partial charge in [-0.3, -0.25) is 18.8 Å². The highest BCUT2D eigenvalue weighted by Crippen LogP contribution is 2.24. The van der Waals surface area contributed by atoms with Crippen LogP contribution in [-0.4, -0.2) is 47.8 Å². The van der Waals surface area contributed by atoms with Crippen molar-refractivity contribution < 1.29 is 5.11 Å². The molecule has 1 fully saturated rings. The number of nitrogens with zero attached hydrogens (tertiary/aromatic N) is 4. The highest BCUT2D eigenvalue weighted by atomic mass is 16.3. The van der Waals surface area contributed by atoms with Crippen molar-refractivity contribution in [3.63, 3.8) is 0 Å². The number of hydrogen-bond acceptors (Lipinski definition) is 5. The van der Waals surface area contributed by atoms with Crippen LogP contribution in [0, 0.1) is 0 Å². The highest BCUT2D eigenvalue weighted by Gasteiger charge is 2.24. The van der Waals surface area contributed by atoms with E-state index in [-0.39, 0.29) is 11.2 Å². The van der Waals surface area contributed by atoms with Crippen molar-refractivity contribution in [2.24, 2.45) is 14.1 Å². The molecule has 8 nitrogen and oxygen atoms in total. The maximum atomic E-state index is 12.3. The van der Waals surface area contributed by atoms with Gasteiger partial charge < -0.3 is 10.1 Å². The van der Waals surface area contributed by atoms with Crippen LogP contribution in [0.1, 0.15) is 44.9 Å². The summed E-state index contributed by atoms with van der Waals surface area (Å²) in [6.45, 7) is 2.88. The Labute approximate surface area is 146 Å². The minimum Gasteiger partial charge on any atom is -0.392 e. The summed E-state index contributed by atoms with van der Waals surface area (Å²) in [5, 5.41) is 9.86. The van der Waals surface area contributed by atoms with E-state index in [0.717, 1.165) is 17.4 Å². The summed E-state index contributed by atoms with van der Waals surface area (Å²) in [4.78, 5) is 34.2. The number of rotatable bonds is 5. The minimum absolute atomic E-state index is 0.347. The Balaban J connectivity index is 1.94. The molecule has 2 heterocycles. The summed E-state index contributed by atoms with van der Waals surface area (Å²) in [6.07, 6.45) is 5.48. The van der Waals surface area contributed by atoms with Crippen LogP contribution in [0.4, 0.5) is 0 Å². The first-order valence-electron chi connectivity index (χ1n) is 8.95. The van der Waals surface area contributed by atoms with Crippen LogP contribution in [-0.2, 0) is 20.6 Å². The number of aromatic amines is 1. The molecule has 0 bridgehead atoms. The SMILES string of the molecule is CC(O)CN(Cc1nc2c([nH]1)c(=O)n(C)c(=O)n2C)C1CCCCC1. The molecule has 2 aromatic rings. The zero-order valence-corrected chi connectivity index (χ0v) is 15.2. The Kier molecular flexibility index (Phi) is 5.10. The lowest BCUT2D eigenvalue weighted by atomic mass is 9.94. The second-order valence-corrected chi connectivity index (χ2v) is 7.16. The maximum Gasteiger partial charge on any atom is 0.332 e. The average Bonchev–Trinajstić information content (AvgIpc) is 3.02. The van der Waals surface area contributed by atoms with Crippen molar-refractivity contribution >= 4 is 11.2 Å². The summed E-state index contributed by atoms with van der Waals surface area (Å²) in [6, 6.07) is 0.420. The maximum absolute atomic E-state index is 12.3. The molecule has 1 unspecified atom stereocenters. The summed E-state index contributed by atoms with van der Waals surface area (Å²) >= 11 is 0. The third kappa shape index (κ3) is 3.55. The summed E-state index contributed by atoms with van der Waals surface area (Å²) < 4.78 is 2.47. The highest BCUT2D eigenvalue weighted by molar-refractivity contribution is 5.69. The normalized spacial score (nSPS) is 17.5. The quantitative estimate of drug-likeness (QED) is 0.818. The van der Waals surface area contributed by atoms with E-state index in [1.165, 1.54) is 30.9 Å². The van der Waals surface area contributed by atoms with Gasteiger partial charge in [-0.05, 0) is 19.8 Å². The van der Waals surface area contributed by atoms with Gasteiger partial charge in [0, 0.05) is 26.7 Å². The average molecular weight is 349 g/mol. The predicted octanol–water partition coefficient (Wildman–Crippen LogP) is 0.476. The van der Waals surface area contributed by atoms with Crippen molar-refractivity contribution in [3.8, 4) is 0 Å². The number of nitrogens with one attached hydrogen (secondary N) is 1. The second kappa shape index (κ2) is 7.13. The van der Waals surface area contributed by atoms with Crippen LogP contribution < -0.4 is 11.2 Å². The zero-order chi connectivity index (χ0) is 18.1. The van der Waals surface area contributed by atoms with E-state index in [0.29, 0.717) is 36.1 Å². The van der Waals surface area contributed by atoms with Crippen LogP contribution in [0.5, 0.6) is 0 Å². The zero-order valence-electron chi connectivity index (χ0n) is 15.2. The van der Waals surface area contributed by atoms with Gasteiger partial charge >= 0.3 is 5.69 Å². The third-order valence-electron chi connectivity index (χ3n) is 5.09. The topological polar surface area (TPSA) is 96.2 Å². The third-order valence-corrected chi connectivity index (χ3v) is 5.09. The molecule has 1 aliphatic rings. The number of hydrogen-bond donors (Lipinski definition) is 2. The number of aryl methyl sites for hydroxylation is 1. The van der Waals surface area contributed by atoms with Gasteiger partial charge in [0.2, 0.25) is 0 Å². The Morgan fingerprint density at radius 3 is 2.56 bits per heavy atom. The summed E-state index contributed by atoms with van der Waals surface area (Å²) in [5.41, 5.74) is -0.0239. The van der Waals surface area contributed by atoms with Gasteiger partial charge in [0.05, 0.1) is 12.6 Å². The van der Waals surface area contributed by atoms with Crippen LogP contribution in [0.2, 0.25) is 0 Å². The van der Waals surface area contributed by atoms with E-state index in [1.54, 1.807) is 14.0 Å². The largest absolute Gasteiger partial charge is 0.392 e. The molecule has 1 saturated carbocycles. The van der Waals surface area contributed by atoms with Gasteiger partial charge in [0.25, 0.3) is 5.56 Å². The molecule has 3 rings (SSSR count). The van der Waals surface area contributed by atoms with Gasteiger partial charge in [-0.15, -0.1) is 0 Å². The first kappa shape index (κ1) is 17.9. The van der Waals surface area contributed by atoms with Gasteiger partial charge in [-0.25, -0.2) is 9.78 Å². The Hall–Kier alpha value is -1.93. The van der Waals surface area contributed by atoms with Crippen LogP contribution in [0.15, 0.2) is 9.59 Å². The fraction of sp³-hybridized carbons (Fsp3) is 0.706. The number of imidazole rings is 1. The first-order chi connectivity index (χ1) is 11.9. The fourth-order valence-electron chi connectivity index (χ4n) is 3.77. The lowest BCUT2D eigenvalue weighted by Gasteiger charge is -2.34. The van der Waals surface area contributed by atoms with Crippen molar-refractivity contribution in [2.45, 2.75) is 57.7 Å². The molecule has 0 saturated heterocycles. The van der Waals surface area contributed by atoms with E-state index in [2.05, 4.69) is 14.9 Å². The van der Waals surface area contributed by atoms with Crippen LogP contribution in [0.25, 0.3) is 11.2 Å². The van der Waals surface area contributed by atoms with Crippen LogP contribution in [0.3, 0.4) is 0 Å². The van der Waals surface area contributed by atoms with E-state index in [9.17, 15) is 14.7 Å². The van der Waals surface area contributed by atoms with E-state index < -0.39 is 6.10 Å². The summed E-state index contributed by atoms with van der Waals surface area (Å²) in [5.74, 6) is 0.652. The first-order valence-corrected chi connectivity index (χ1v) is 8.95. The second-order valence-electron chi connectivity index (χ2n) is 7.16. The molecule has 0 radical (unpaired) electrons. The molecule has 2 N–H and O–H groups in total. The fourth-order valence-corrected chi connectivity index (χ4v) is 3.77. The molecule has 0 spiro atoms. The van der Waals surface area contributed by atoms with E-state index >= 15 is 0 Å². The minimum atomic E-state index is -0.427. The molecule has 25 heavy (non-hydrogen) atoms. The lowest BCUT2D eigenvalue weighted by Crippen LogP contribution is -2.40. The molecule has 1 atom stereocenters. The number of H-pyrrole nitrogens is 1. The van der Waals surface area contributed by atoms with Crippen molar-refractivity contribution in [2.75, 3.05) is 6.54 Å². The van der Waals surface area contributed by atoms with Gasteiger partial charge in [0.1, 0.15) is 11.3 Å². The van der Waals surface area contributed by atoms with Gasteiger partial charge in [-0.2, -0.15) is 0 Å². The smallest absolute Gasteiger partial charge is 0.332 e. The van der Waals surface area contributed by atoms with E-state index in [1.807, 2.05) is 0 Å². The Morgan fingerprint density at radius 2 is 1.92 bits per heavy atom. The molecular formula is C17H27N5O3. The number of aromatic nitrogens is 4. The number of aliphatic hydroxyl groups excluding tert-OH is 1. The predicted molar refractivity (Wildman–Crippen MR) is 95.5 cm³/mol. The van der Waals surface area contributed by atoms with E-state index in [4.69, 9.17) is 0 Å². The molecule has 0 aliphatic heterocycles. The number of fused-ring (bicyclic) bond motifs is 1. The lowest BCUT2D eigenvalue weighted by molar-refractivity contribution is 0.0752. The number of aliphatic hydroxyl groups is 1. The standard InChI is InChI=1S/C17H27N5O3/c1-11(23)9-22(12-7-5-4-6-8-12)10-13-18-14-15(19-13)20(2)17(25)21(3)16(14)24/h11-12,23H,4-10H2,1-3H3,(H,18,19). The van der Waals surface area contributed by atoms with Gasteiger partial charge in [0.15, 0.2) is 5.65 Å². The molecule has 0 amide bonds. The van der Waals surface area contributed by atoms with Crippen LogP contribution >= 0.6 is 0 Å². The molecular weight excluding hydrogens is 322 g/mol. The van der Waals surface area contributed by atoms with Gasteiger partial charge in [-0.1, -0.05) is 19.3 Å². The van der Waals surface area contributed by atoms with Crippen molar-refractivity contribution in [1.82, 2.24) is 24.0 Å².